The summed E-state index contributed by atoms with van der Waals surface area (Å²) in [5.41, 5.74) is 1.01. The molecule has 6 nitrogen and oxygen atoms in total. The number of likely N-dealkylation sites (N-methyl/N-ethyl adjacent to an activating group) is 1. The fraction of sp³-hybridized carbons (Fsp3) is 0.632. The maximum absolute atomic E-state index is 12.6. The Labute approximate surface area is 167 Å². The first kappa shape index (κ1) is 22.1. The van der Waals surface area contributed by atoms with Gasteiger partial charge < -0.3 is 5.32 Å². The zero-order chi connectivity index (χ0) is 20.0. The predicted molar refractivity (Wildman–Crippen MR) is 109 cm³/mol. The fourth-order valence-electron chi connectivity index (χ4n) is 3.64. The largest absolute Gasteiger partial charge is 0.354 e. The van der Waals surface area contributed by atoms with Gasteiger partial charge in [0.25, 0.3) is 0 Å². The van der Waals surface area contributed by atoms with E-state index >= 15 is 0 Å². The normalized spacial score (nSPS) is 17.8. The number of hydrogen-bond donors (Lipinski definition) is 1. The molecule has 0 unspecified atom stereocenters. The van der Waals surface area contributed by atoms with Gasteiger partial charge in [0.05, 0.1) is 12.3 Å². The Morgan fingerprint density at radius 3 is 2.37 bits per heavy atom. The number of carbonyl (C=O) groups excluding carboxylic acids is 1. The first-order chi connectivity index (χ1) is 12.8. The fourth-order valence-corrected chi connectivity index (χ4v) is 4.77. The molecular weight excluding hydrogens is 386 g/mol. The van der Waals surface area contributed by atoms with Crippen LogP contribution in [-0.2, 0) is 14.8 Å². The van der Waals surface area contributed by atoms with Gasteiger partial charge in [-0.1, -0.05) is 43.6 Å². The second-order valence-electron chi connectivity index (χ2n) is 6.94. The van der Waals surface area contributed by atoms with Gasteiger partial charge in [0.2, 0.25) is 15.9 Å². The summed E-state index contributed by atoms with van der Waals surface area (Å²) in [6.07, 6.45) is 2.33. The molecule has 0 saturated carbocycles. The summed E-state index contributed by atoms with van der Waals surface area (Å²) in [7, 11) is -3.18. The van der Waals surface area contributed by atoms with Crippen LogP contribution >= 0.6 is 11.6 Å². The lowest BCUT2D eigenvalue weighted by Crippen LogP contribution is -2.44. The quantitative estimate of drug-likeness (QED) is 0.708. The van der Waals surface area contributed by atoms with Crippen LogP contribution in [0.4, 0.5) is 0 Å². The average Bonchev–Trinajstić information content (AvgIpc) is 2.65. The van der Waals surface area contributed by atoms with Gasteiger partial charge in [-0.05, 0) is 37.6 Å². The monoisotopic (exact) mass is 415 g/mol. The van der Waals surface area contributed by atoms with Crippen molar-refractivity contribution < 1.29 is 13.2 Å². The third kappa shape index (κ3) is 5.91. The molecule has 1 aromatic carbocycles. The van der Waals surface area contributed by atoms with Crippen molar-refractivity contribution in [1.29, 1.82) is 0 Å². The molecule has 1 fully saturated rings. The Hall–Kier alpha value is -1.15. The van der Waals surface area contributed by atoms with E-state index in [2.05, 4.69) is 24.1 Å². The van der Waals surface area contributed by atoms with Gasteiger partial charge in [-0.3, -0.25) is 9.69 Å². The number of carbonyl (C=O) groups is 1. The van der Waals surface area contributed by atoms with Crippen molar-refractivity contribution in [3.05, 3.63) is 34.9 Å². The standard InChI is InChI=1S/C19H30ClN3O3S/c1-4-22(5-2)18(16-8-6-7-9-17(16)20)14-21-19(24)15-10-12-23(13-11-15)27(3,25)26/h6-9,15,18H,4-5,10-14H2,1-3H3,(H,21,24)/t18-/m0/s1. The van der Waals surface area contributed by atoms with Crippen molar-refractivity contribution in [3.63, 3.8) is 0 Å². The van der Waals surface area contributed by atoms with Crippen molar-refractivity contribution in [2.75, 3.05) is 39.0 Å². The average molecular weight is 416 g/mol. The number of nitrogens with one attached hydrogen (secondary N) is 1. The van der Waals surface area contributed by atoms with E-state index in [1.54, 1.807) is 0 Å². The SMILES string of the molecule is CCN(CC)[C@@H](CNC(=O)C1CCN(S(C)(=O)=O)CC1)c1ccccc1Cl. The molecule has 0 bridgehead atoms. The molecule has 8 heteroatoms. The highest BCUT2D eigenvalue weighted by atomic mass is 35.5. The van der Waals surface area contributed by atoms with Gasteiger partial charge in [-0.2, -0.15) is 0 Å². The second-order valence-corrected chi connectivity index (χ2v) is 9.33. The molecule has 1 aromatic rings. The van der Waals surface area contributed by atoms with E-state index in [0.29, 0.717) is 37.5 Å². The first-order valence-corrected chi connectivity index (χ1v) is 11.7. The molecule has 0 aromatic heterocycles. The number of rotatable bonds is 8. The number of benzene rings is 1. The van der Waals surface area contributed by atoms with E-state index in [0.717, 1.165) is 18.7 Å². The molecule has 1 N–H and O–H groups in total. The van der Waals surface area contributed by atoms with E-state index in [1.807, 2.05) is 24.3 Å². The number of hydrogen-bond acceptors (Lipinski definition) is 4. The Balaban J connectivity index is 2.01. The van der Waals surface area contributed by atoms with Crippen molar-refractivity contribution >= 4 is 27.5 Å². The molecular formula is C19H30ClN3O3S. The molecule has 27 heavy (non-hydrogen) atoms. The minimum atomic E-state index is -3.18. The van der Waals surface area contributed by atoms with Gasteiger partial charge >= 0.3 is 0 Å². The van der Waals surface area contributed by atoms with E-state index in [4.69, 9.17) is 11.6 Å². The third-order valence-electron chi connectivity index (χ3n) is 5.28. The molecule has 1 saturated heterocycles. The van der Waals surface area contributed by atoms with Gasteiger partial charge in [-0.15, -0.1) is 0 Å². The highest BCUT2D eigenvalue weighted by molar-refractivity contribution is 7.88. The molecule has 0 spiro atoms. The summed E-state index contributed by atoms with van der Waals surface area (Å²) >= 11 is 6.40. The topological polar surface area (TPSA) is 69.7 Å². The van der Waals surface area contributed by atoms with Crippen LogP contribution in [0.1, 0.15) is 38.3 Å². The molecule has 1 atom stereocenters. The van der Waals surface area contributed by atoms with Gasteiger partial charge in [0, 0.05) is 30.6 Å². The Morgan fingerprint density at radius 1 is 1.26 bits per heavy atom. The first-order valence-electron chi connectivity index (χ1n) is 9.49. The number of halogens is 1. The highest BCUT2D eigenvalue weighted by Gasteiger charge is 2.29. The van der Waals surface area contributed by atoms with E-state index in [9.17, 15) is 13.2 Å². The van der Waals surface area contributed by atoms with Crippen molar-refractivity contribution in [2.45, 2.75) is 32.7 Å². The molecule has 1 aliphatic rings. The summed E-state index contributed by atoms with van der Waals surface area (Å²) in [6.45, 7) is 7.19. The van der Waals surface area contributed by atoms with Crippen molar-refractivity contribution in [3.8, 4) is 0 Å². The molecule has 1 amide bonds. The van der Waals surface area contributed by atoms with Crippen LogP contribution in [0.15, 0.2) is 24.3 Å². The van der Waals surface area contributed by atoms with Crippen molar-refractivity contribution in [2.24, 2.45) is 5.92 Å². The summed E-state index contributed by atoms with van der Waals surface area (Å²) in [4.78, 5) is 14.9. The summed E-state index contributed by atoms with van der Waals surface area (Å²) in [5, 5.41) is 3.77. The lowest BCUT2D eigenvalue weighted by Gasteiger charge is -2.33. The molecule has 1 heterocycles. The van der Waals surface area contributed by atoms with Crippen LogP contribution in [0.25, 0.3) is 0 Å². The zero-order valence-electron chi connectivity index (χ0n) is 16.3. The molecule has 1 aliphatic heterocycles. The van der Waals surface area contributed by atoms with Crippen molar-refractivity contribution in [1.82, 2.24) is 14.5 Å². The van der Waals surface area contributed by atoms with Crippen LogP contribution in [-0.4, -0.2) is 62.5 Å². The van der Waals surface area contributed by atoms with E-state index < -0.39 is 10.0 Å². The van der Waals surface area contributed by atoms with Crippen LogP contribution in [0.2, 0.25) is 5.02 Å². The highest BCUT2D eigenvalue weighted by Crippen LogP contribution is 2.27. The van der Waals surface area contributed by atoms with Gasteiger partial charge in [-0.25, -0.2) is 12.7 Å². The minimum absolute atomic E-state index is 0.00707. The number of sulfonamides is 1. The summed E-state index contributed by atoms with van der Waals surface area (Å²) < 4.78 is 24.7. The smallest absolute Gasteiger partial charge is 0.223 e. The van der Waals surface area contributed by atoms with Gasteiger partial charge in [0.15, 0.2) is 0 Å². The molecule has 0 radical (unpaired) electrons. The third-order valence-corrected chi connectivity index (χ3v) is 6.93. The lowest BCUT2D eigenvalue weighted by atomic mass is 9.97. The predicted octanol–water partition coefficient (Wildman–Crippen LogP) is 2.51. The van der Waals surface area contributed by atoms with E-state index in [1.165, 1.54) is 10.6 Å². The maximum Gasteiger partial charge on any atom is 0.223 e. The zero-order valence-corrected chi connectivity index (χ0v) is 17.9. The van der Waals surface area contributed by atoms with E-state index in [-0.39, 0.29) is 17.9 Å². The summed E-state index contributed by atoms with van der Waals surface area (Å²) in [6, 6.07) is 7.74. The van der Waals surface area contributed by atoms with Crippen LogP contribution < -0.4 is 5.32 Å². The second kappa shape index (κ2) is 9.87. The number of piperidine rings is 1. The molecule has 0 aliphatic carbocycles. The molecule has 2 rings (SSSR count). The van der Waals surface area contributed by atoms with Crippen LogP contribution in [0.3, 0.4) is 0 Å². The lowest BCUT2D eigenvalue weighted by molar-refractivity contribution is -0.126. The number of nitrogens with zero attached hydrogens (tertiary/aromatic N) is 2. The Bertz CT molecular complexity index is 729. The number of amides is 1. The van der Waals surface area contributed by atoms with Gasteiger partial charge in [0.1, 0.15) is 0 Å². The maximum atomic E-state index is 12.6. The molecule has 152 valence electrons. The Morgan fingerprint density at radius 2 is 1.85 bits per heavy atom. The van der Waals surface area contributed by atoms with Crippen LogP contribution in [0, 0.1) is 5.92 Å². The van der Waals surface area contributed by atoms with Crippen LogP contribution in [0.5, 0.6) is 0 Å². The minimum Gasteiger partial charge on any atom is -0.354 e. The summed E-state index contributed by atoms with van der Waals surface area (Å²) in [5.74, 6) is -0.154. The Kier molecular flexibility index (Phi) is 8.09.